The zero-order chi connectivity index (χ0) is 13.2. The van der Waals surface area contributed by atoms with Crippen LogP contribution < -0.4 is 10.5 Å². The quantitative estimate of drug-likeness (QED) is 0.819. The molecule has 1 aromatic rings. The van der Waals surface area contributed by atoms with Crippen molar-refractivity contribution in [3.05, 3.63) is 16.9 Å². The molecule has 5 nitrogen and oxygen atoms in total. The minimum absolute atomic E-state index is 0.215. The number of nitrogens with two attached hydrogens (primary N) is 1. The van der Waals surface area contributed by atoms with Gasteiger partial charge in [-0.05, 0) is 0 Å². The molecule has 0 spiro atoms. The first-order chi connectivity index (χ1) is 7.69. The van der Waals surface area contributed by atoms with Gasteiger partial charge in [-0.15, -0.1) is 13.2 Å². The molecule has 1 rings (SSSR count). The Morgan fingerprint density at radius 2 is 2.18 bits per heavy atom. The van der Waals surface area contributed by atoms with Crippen molar-refractivity contribution >= 4 is 23.3 Å². The fraction of sp³-hybridized carbons (Fsp3) is 0.250. The molecule has 1 aromatic heterocycles. The fourth-order valence-electron chi connectivity index (χ4n) is 1.07. The highest BCUT2D eigenvalue weighted by atomic mass is 35.5. The van der Waals surface area contributed by atoms with Gasteiger partial charge in [0.25, 0.3) is 0 Å². The van der Waals surface area contributed by atoms with Crippen LogP contribution in [0.1, 0.15) is 5.69 Å². The summed E-state index contributed by atoms with van der Waals surface area (Å²) in [6, 6.07) is 0.938. The van der Waals surface area contributed by atoms with Crippen LogP contribution >= 0.6 is 11.6 Å². The van der Waals surface area contributed by atoms with Gasteiger partial charge in [-0.1, -0.05) is 11.6 Å². The van der Waals surface area contributed by atoms with Crippen molar-refractivity contribution in [1.82, 2.24) is 4.98 Å². The standard InChI is InChI=1S/C8H6ClF3N2O3/c9-5-1-3(13)7(17-8(10,11)12)4(14-5)2-6(15)16/h1H,2H2,(H2,13,14)(H,15,16). The Morgan fingerprint density at radius 1 is 1.59 bits per heavy atom. The minimum Gasteiger partial charge on any atom is -0.481 e. The van der Waals surface area contributed by atoms with Crippen LogP contribution in [-0.2, 0) is 11.2 Å². The Bertz CT molecular complexity index is 450. The monoisotopic (exact) mass is 270 g/mol. The van der Waals surface area contributed by atoms with Crippen LogP contribution in [0.2, 0.25) is 5.15 Å². The van der Waals surface area contributed by atoms with Crippen LogP contribution in [0, 0.1) is 0 Å². The molecular weight excluding hydrogens is 265 g/mol. The molecule has 94 valence electrons. The van der Waals surface area contributed by atoms with Gasteiger partial charge in [-0.25, -0.2) is 4.98 Å². The molecule has 0 aliphatic rings. The first-order valence-electron chi connectivity index (χ1n) is 4.11. The van der Waals surface area contributed by atoms with Crippen LogP contribution in [0.4, 0.5) is 18.9 Å². The van der Waals surface area contributed by atoms with Crippen molar-refractivity contribution < 1.29 is 27.8 Å². The zero-order valence-corrected chi connectivity index (χ0v) is 8.84. The number of aliphatic carboxylic acids is 1. The van der Waals surface area contributed by atoms with Crippen molar-refractivity contribution in [2.45, 2.75) is 12.8 Å². The number of aromatic nitrogens is 1. The van der Waals surface area contributed by atoms with Gasteiger partial charge in [0.2, 0.25) is 0 Å². The van der Waals surface area contributed by atoms with Crippen LogP contribution in [0.3, 0.4) is 0 Å². The molecule has 0 unspecified atom stereocenters. The predicted molar refractivity (Wildman–Crippen MR) is 51.7 cm³/mol. The lowest BCUT2D eigenvalue weighted by molar-refractivity contribution is -0.274. The van der Waals surface area contributed by atoms with Crippen molar-refractivity contribution in [3.63, 3.8) is 0 Å². The first kappa shape index (κ1) is 13.4. The number of alkyl halides is 3. The molecular formula is C8H6ClF3N2O3. The Kier molecular flexibility index (Phi) is 3.66. The molecule has 0 bridgehead atoms. The summed E-state index contributed by atoms with van der Waals surface area (Å²) in [6.45, 7) is 0. The molecule has 17 heavy (non-hydrogen) atoms. The third-order valence-electron chi connectivity index (χ3n) is 1.58. The molecule has 0 atom stereocenters. The van der Waals surface area contributed by atoms with Gasteiger partial charge < -0.3 is 15.6 Å². The van der Waals surface area contributed by atoms with Gasteiger partial charge >= 0.3 is 12.3 Å². The van der Waals surface area contributed by atoms with E-state index in [9.17, 15) is 18.0 Å². The smallest absolute Gasteiger partial charge is 0.481 e. The fourth-order valence-corrected chi connectivity index (χ4v) is 1.29. The van der Waals surface area contributed by atoms with Gasteiger partial charge in [-0.3, -0.25) is 4.79 Å². The molecule has 0 fully saturated rings. The van der Waals surface area contributed by atoms with E-state index < -0.39 is 35.9 Å². The highest BCUT2D eigenvalue weighted by Gasteiger charge is 2.34. The summed E-state index contributed by atoms with van der Waals surface area (Å²) in [5, 5.41) is 8.30. The Balaban J connectivity index is 3.20. The van der Waals surface area contributed by atoms with Crippen LogP contribution in [0.15, 0.2) is 6.07 Å². The molecule has 1 heterocycles. The van der Waals surface area contributed by atoms with E-state index in [0.717, 1.165) is 6.07 Å². The number of hydrogen-bond acceptors (Lipinski definition) is 4. The summed E-state index contributed by atoms with van der Waals surface area (Å²) < 4.78 is 39.8. The molecule has 0 radical (unpaired) electrons. The maximum atomic E-state index is 12.1. The van der Waals surface area contributed by atoms with Crippen LogP contribution in [-0.4, -0.2) is 22.4 Å². The van der Waals surface area contributed by atoms with E-state index in [1.165, 1.54) is 0 Å². The third kappa shape index (κ3) is 3.99. The average Bonchev–Trinajstić information content (AvgIpc) is 2.08. The van der Waals surface area contributed by atoms with E-state index in [-0.39, 0.29) is 5.15 Å². The molecule has 0 saturated heterocycles. The number of ether oxygens (including phenoxy) is 1. The lowest BCUT2D eigenvalue weighted by Gasteiger charge is -2.14. The normalized spacial score (nSPS) is 11.3. The number of nitrogens with zero attached hydrogens (tertiary/aromatic N) is 1. The number of carboxylic acids is 1. The average molecular weight is 271 g/mol. The number of rotatable bonds is 3. The van der Waals surface area contributed by atoms with Gasteiger partial charge in [0.15, 0.2) is 5.75 Å². The molecule has 3 N–H and O–H groups in total. The second-order valence-corrected chi connectivity index (χ2v) is 3.32. The Hall–Kier alpha value is -1.70. The molecule has 9 heteroatoms. The number of hydrogen-bond donors (Lipinski definition) is 2. The number of halogens is 4. The van der Waals surface area contributed by atoms with E-state index in [2.05, 4.69) is 9.72 Å². The topological polar surface area (TPSA) is 85.4 Å². The SMILES string of the molecule is Nc1cc(Cl)nc(CC(=O)O)c1OC(F)(F)F. The summed E-state index contributed by atoms with van der Waals surface area (Å²) in [5.74, 6) is -2.23. The summed E-state index contributed by atoms with van der Waals surface area (Å²) in [4.78, 5) is 13.9. The van der Waals surface area contributed by atoms with Crippen molar-refractivity contribution in [2.24, 2.45) is 0 Å². The third-order valence-corrected chi connectivity index (χ3v) is 1.77. The number of anilines is 1. The van der Waals surface area contributed by atoms with Gasteiger partial charge in [0.1, 0.15) is 5.15 Å². The molecule has 0 saturated carbocycles. The van der Waals surface area contributed by atoms with Gasteiger partial charge in [0, 0.05) is 6.07 Å². The van der Waals surface area contributed by atoms with E-state index >= 15 is 0 Å². The summed E-state index contributed by atoms with van der Waals surface area (Å²) in [7, 11) is 0. The number of carbonyl (C=O) groups is 1. The van der Waals surface area contributed by atoms with E-state index in [1.54, 1.807) is 0 Å². The summed E-state index contributed by atoms with van der Waals surface area (Å²) in [5.41, 5.74) is 4.34. The first-order valence-corrected chi connectivity index (χ1v) is 4.49. The largest absolute Gasteiger partial charge is 0.573 e. The zero-order valence-electron chi connectivity index (χ0n) is 8.08. The maximum Gasteiger partial charge on any atom is 0.573 e. The van der Waals surface area contributed by atoms with Gasteiger partial charge in [0.05, 0.1) is 17.8 Å². The second kappa shape index (κ2) is 4.66. The van der Waals surface area contributed by atoms with Crippen LogP contribution in [0.5, 0.6) is 5.75 Å². The van der Waals surface area contributed by atoms with Crippen molar-refractivity contribution in [2.75, 3.05) is 5.73 Å². The Morgan fingerprint density at radius 3 is 2.65 bits per heavy atom. The highest BCUT2D eigenvalue weighted by Crippen LogP contribution is 2.33. The molecule has 0 aromatic carbocycles. The number of carboxylic acid groups (broad SMARTS) is 1. The Labute approximate surface area is 98.0 Å². The highest BCUT2D eigenvalue weighted by molar-refractivity contribution is 6.29. The second-order valence-electron chi connectivity index (χ2n) is 2.93. The number of pyridine rings is 1. The lowest BCUT2D eigenvalue weighted by atomic mass is 10.2. The maximum absolute atomic E-state index is 12.1. The van der Waals surface area contributed by atoms with E-state index in [1.807, 2.05) is 0 Å². The van der Waals surface area contributed by atoms with E-state index in [4.69, 9.17) is 22.4 Å². The lowest BCUT2D eigenvalue weighted by Crippen LogP contribution is -2.20. The van der Waals surface area contributed by atoms with E-state index in [0.29, 0.717) is 0 Å². The van der Waals surface area contributed by atoms with Gasteiger partial charge in [-0.2, -0.15) is 0 Å². The van der Waals surface area contributed by atoms with Crippen LogP contribution in [0.25, 0.3) is 0 Å². The van der Waals surface area contributed by atoms with Crippen molar-refractivity contribution in [3.8, 4) is 5.75 Å². The molecule has 0 amide bonds. The molecule has 0 aliphatic heterocycles. The summed E-state index contributed by atoms with van der Waals surface area (Å²) in [6.07, 6.45) is -5.77. The number of nitrogen functional groups attached to an aromatic ring is 1. The van der Waals surface area contributed by atoms with Crippen molar-refractivity contribution in [1.29, 1.82) is 0 Å². The predicted octanol–water partition coefficient (Wildman–Crippen LogP) is 1.84. The summed E-state index contributed by atoms with van der Waals surface area (Å²) >= 11 is 5.46. The molecule has 0 aliphatic carbocycles. The minimum atomic E-state index is -4.99.